The summed E-state index contributed by atoms with van der Waals surface area (Å²) < 4.78 is 0.895. The predicted molar refractivity (Wildman–Crippen MR) is 87.4 cm³/mol. The van der Waals surface area contributed by atoms with Crippen LogP contribution in [0, 0.1) is 6.92 Å². The summed E-state index contributed by atoms with van der Waals surface area (Å²) in [5.74, 6) is -0.127. The molecule has 0 aliphatic heterocycles. The lowest BCUT2D eigenvalue weighted by Gasteiger charge is -2.21. The maximum absolute atomic E-state index is 12.7. The first-order valence-electron chi connectivity index (χ1n) is 6.64. The van der Waals surface area contributed by atoms with E-state index in [0.29, 0.717) is 12.1 Å². The molecule has 0 spiro atoms. The molecule has 2 aromatic rings. The van der Waals surface area contributed by atoms with Gasteiger partial charge in [-0.2, -0.15) is 0 Å². The number of benzene rings is 1. The fourth-order valence-corrected chi connectivity index (χ4v) is 2.59. The SMILES string of the molecule is C=CCN(CCO)C(=O)c1cc(C)nc2ccc(Br)cc12. The van der Waals surface area contributed by atoms with E-state index in [4.69, 9.17) is 5.11 Å². The van der Waals surface area contributed by atoms with Crippen LogP contribution in [-0.2, 0) is 0 Å². The first-order chi connectivity index (χ1) is 10.1. The number of hydrogen-bond acceptors (Lipinski definition) is 3. The Balaban J connectivity index is 2.55. The maximum Gasteiger partial charge on any atom is 0.254 e. The number of nitrogens with zero attached hydrogens (tertiary/aromatic N) is 2. The molecule has 0 unspecified atom stereocenters. The lowest BCUT2D eigenvalue weighted by atomic mass is 10.1. The summed E-state index contributed by atoms with van der Waals surface area (Å²) in [5.41, 5.74) is 2.16. The molecule has 1 amide bonds. The van der Waals surface area contributed by atoms with Crippen molar-refractivity contribution in [2.45, 2.75) is 6.92 Å². The number of carbonyl (C=O) groups excluding carboxylic acids is 1. The summed E-state index contributed by atoms with van der Waals surface area (Å²) in [6.45, 7) is 6.12. The van der Waals surface area contributed by atoms with Crippen molar-refractivity contribution in [3.63, 3.8) is 0 Å². The summed E-state index contributed by atoms with van der Waals surface area (Å²) in [7, 11) is 0. The lowest BCUT2D eigenvalue weighted by molar-refractivity contribution is 0.0744. The predicted octanol–water partition coefficient (Wildman–Crippen LogP) is 2.93. The topological polar surface area (TPSA) is 53.4 Å². The van der Waals surface area contributed by atoms with E-state index < -0.39 is 0 Å². The number of aliphatic hydroxyl groups is 1. The van der Waals surface area contributed by atoms with Crippen molar-refractivity contribution >= 4 is 32.7 Å². The second-order valence-corrected chi connectivity index (χ2v) is 5.65. The first kappa shape index (κ1) is 15.7. The average molecular weight is 349 g/mol. The number of rotatable bonds is 5. The van der Waals surface area contributed by atoms with Gasteiger partial charge in [0.15, 0.2) is 0 Å². The number of pyridine rings is 1. The summed E-state index contributed by atoms with van der Waals surface area (Å²) in [6.07, 6.45) is 1.65. The van der Waals surface area contributed by atoms with Gasteiger partial charge in [-0.25, -0.2) is 0 Å². The molecule has 110 valence electrons. The Morgan fingerprint density at radius 2 is 2.24 bits per heavy atom. The van der Waals surface area contributed by atoms with E-state index in [1.54, 1.807) is 17.0 Å². The summed E-state index contributed by atoms with van der Waals surface area (Å²) >= 11 is 3.42. The molecular formula is C16H17BrN2O2. The van der Waals surface area contributed by atoms with E-state index >= 15 is 0 Å². The van der Waals surface area contributed by atoms with E-state index in [0.717, 1.165) is 21.1 Å². The second kappa shape index (κ2) is 6.83. The molecule has 0 aliphatic rings. The minimum Gasteiger partial charge on any atom is -0.395 e. The number of amides is 1. The number of halogens is 1. The number of aromatic nitrogens is 1. The van der Waals surface area contributed by atoms with Crippen LogP contribution in [0.1, 0.15) is 16.1 Å². The number of fused-ring (bicyclic) bond motifs is 1. The van der Waals surface area contributed by atoms with Gasteiger partial charge in [0, 0.05) is 28.6 Å². The summed E-state index contributed by atoms with van der Waals surface area (Å²) in [5, 5.41) is 9.92. The average Bonchev–Trinajstić information content (AvgIpc) is 2.46. The Kier molecular flexibility index (Phi) is 5.09. The van der Waals surface area contributed by atoms with Crippen LogP contribution in [0.4, 0.5) is 0 Å². The van der Waals surface area contributed by atoms with E-state index in [1.807, 2.05) is 25.1 Å². The molecule has 0 saturated carbocycles. The highest BCUT2D eigenvalue weighted by Gasteiger charge is 2.18. The smallest absolute Gasteiger partial charge is 0.254 e. The standard InChI is InChI=1S/C16H17BrN2O2/c1-3-6-19(7-8-20)16(21)14-9-11(2)18-15-5-4-12(17)10-13(14)15/h3-5,9-10,20H,1,6-8H2,2H3. The van der Waals surface area contributed by atoms with Crippen LogP contribution < -0.4 is 0 Å². The van der Waals surface area contributed by atoms with Crippen molar-refractivity contribution in [3.05, 3.63) is 52.7 Å². The van der Waals surface area contributed by atoms with Crippen LogP contribution in [0.5, 0.6) is 0 Å². The summed E-state index contributed by atoms with van der Waals surface area (Å²) in [4.78, 5) is 18.7. The molecule has 0 radical (unpaired) electrons. The molecule has 5 heteroatoms. The minimum absolute atomic E-state index is 0.0781. The van der Waals surface area contributed by atoms with Gasteiger partial charge in [0.2, 0.25) is 0 Å². The normalized spacial score (nSPS) is 10.6. The Labute approximate surface area is 132 Å². The molecule has 0 fully saturated rings. The van der Waals surface area contributed by atoms with Gasteiger partial charge in [0.25, 0.3) is 5.91 Å². The first-order valence-corrected chi connectivity index (χ1v) is 7.44. The Bertz CT molecular complexity index is 685. The zero-order valence-corrected chi connectivity index (χ0v) is 13.4. The highest BCUT2D eigenvalue weighted by atomic mass is 79.9. The van der Waals surface area contributed by atoms with Gasteiger partial charge in [-0.05, 0) is 31.2 Å². The molecule has 1 aromatic heterocycles. The third-order valence-electron chi connectivity index (χ3n) is 3.14. The molecule has 0 bridgehead atoms. The van der Waals surface area contributed by atoms with Gasteiger partial charge in [-0.1, -0.05) is 22.0 Å². The van der Waals surface area contributed by atoms with Gasteiger partial charge < -0.3 is 10.0 Å². The number of hydrogen-bond donors (Lipinski definition) is 1. The van der Waals surface area contributed by atoms with E-state index in [1.165, 1.54) is 0 Å². The van der Waals surface area contributed by atoms with Crippen molar-refractivity contribution in [2.24, 2.45) is 0 Å². The minimum atomic E-state index is -0.127. The van der Waals surface area contributed by atoms with Crippen molar-refractivity contribution < 1.29 is 9.90 Å². The van der Waals surface area contributed by atoms with E-state index in [2.05, 4.69) is 27.5 Å². The van der Waals surface area contributed by atoms with Crippen molar-refractivity contribution in [1.82, 2.24) is 9.88 Å². The van der Waals surface area contributed by atoms with Gasteiger partial charge in [-0.15, -0.1) is 6.58 Å². The van der Waals surface area contributed by atoms with Gasteiger partial charge in [-0.3, -0.25) is 9.78 Å². The molecule has 1 N–H and O–H groups in total. The van der Waals surface area contributed by atoms with E-state index in [9.17, 15) is 4.79 Å². The maximum atomic E-state index is 12.7. The molecule has 4 nitrogen and oxygen atoms in total. The summed E-state index contributed by atoms with van der Waals surface area (Å²) in [6, 6.07) is 7.45. The van der Waals surface area contributed by atoms with Crippen LogP contribution in [0.2, 0.25) is 0 Å². The zero-order valence-electron chi connectivity index (χ0n) is 11.8. The molecule has 2 rings (SSSR count). The van der Waals surface area contributed by atoms with Crippen molar-refractivity contribution in [2.75, 3.05) is 19.7 Å². The van der Waals surface area contributed by atoms with Crippen molar-refractivity contribution in [1.29, 1.82) is 0 Å². The quantitative estimate of drug-likeness (QED) is 0.845. The molecule has 1 aromatic carbocycles. The van der Waals surface area contributed by atoms with Crippen LogP contribution in [-0.4, -0.2) is 40.6 Å². The van der Waals surface area contributed by atoms with Gasteiger partial charge in [0.05, 0.1) is 17.7 Å². The molecule has 1 heterocycles. The molecule has 21 heavy (non-hydrogen) atoms. The second-order valence-electron chi connectivity index (χ2n) is 4.74. The highest BCUT2D eigenvalue weighted by molar-refractivity contribution is 9.10. The number of aryl methyl sites for hydroxylation is 1. The van der Waals surface area contributed by atoms with Crippen LogP contribution >= 0.6 is 15.9 Å². The fraction of sp³-hybridized carbons (Fsp3) is 0.250. The third kappa shape index (κ3) is 3.49. The number of carbonyl (C=O) groups is 1. The Morgan fingerprint density at radius 3 is 2.90 bits per heavy atom. The lowest BCUT2D eigenvalue weighted by Crippen LogP contribution is -2.33. The molecular weight excluding hydrogens is 332 g/mol. The van der Waals surface area contributed by atoms with Gasteiger partial charge in [0.1, 0.15) is 0 Å². The fourth-order valence-electron chi connectivity index (χ4n) is 2.23. The zero-order chi connectivity index (χ0) is 15.4. The Morgan fingerprint density at radius 1 is 1.48 bits per heavy atom. The monoisotopic (exact) mass is 348 g/mol. The Hall–Kier alpha value is -1.72. The van der Waals surface area contributed by atoms with Crippen molar-refractivity contribution in [3.8, 4) is 0 Å². The largest absolute Gasteiger partial charge is 0.395 e. The highest BCUT2D eigenvalue weighted by Crippen LogP contribution is 2.24. The van der Waals surface area contributed by atoms with Gasteiger partial charge >= 0.3 is 0 Å². The molecule has 0 saturated heterocycles. The third-order valence-corrected chi connectivity index (χ3v) is 3.63. The van der Waals surface area contributed by atoms with Crippen LogP contribution in [0.3, 0.4) is 0 Å². The molecule has 0 atom stereocenters. The number of aliphatic hydroxyl groups excluding tert-OH is 1. The van der Waals surface area contributed by atoms with Crippen LogP contribution in [0.25, 0.3) is 10.9 Å². The van der Waals surface area contributed by atoms with Crippen LogP contribution in [0.15, 0.2) is 41.4 Å². The molecule has 0 aliphatic carbocycles. The van der Waals surface area contributed by atoms with E-state index in [-0.39, 0.29) is 19.1 Å².